The van der Waals surface area contributed by atoms with Crippen LogP contribution in [0.3, 0.4) is 0 Å². The van der Waals surface area contributed by atoms with Gasteiger partial charge < -0.3 is 0 Å². The van der Waals surface area contributed by atoms with E-state index in [9.17, 15) is 0 Å². The minimum absolute atomic E-state index is 0.281. The summed E-state index contributed by atoms with van der Waals surface area (Å²) in [6.45, 7) is 10.1. The van der Waals surface area contributed by atoms with E-state index in [-0.39, 0.29) is 6.04 Å². The fraction of sp³-hybridized carbons (Fsp3) is 1.00. The van der Waals surface area contributed by atoms with E-state index in [0.717, 1.165) is 6.42 Å². The van der Waals surface area contributed by atoms with Crippen LogP contribution in [0, 0.1) is 5.92 Å². The van der Waals surface area contributed by atoms with Crippen LogP contribution in [0.25, 0.3) is 0 Å². The Balaban J connectivity index is 3.83. The summed E-state index contributed by atoms with van der Waals surface area (Å²) in [6.07, 6.45) is 1.07. The van der Waals surface area contributed by atoms with Crippen molar-refractivity contribution < 1.29 is 0 Å². The third-order valence-electron chi connectivity index (χ3n) is 1.31. The Labute approximate surface area is 80.4 Å². The lowest BCUT2D eigenvalue weighted by Gasteiger charge is -2.11. The molecule has 0 aromatic heterocycles. The molecule has 0 fully saturated rings. The van der Waals surface area contributed by atoms with Gasteiger partial charge in [0.05, 0.1) is 6.04 Å². The topological polar surface area (TPSA) is 24.7 Å². The number of hydrogen-bond donors (Lipinski definition) is 0. The van der Waals surface area contributed by atoms with Gasteiger partial charge in [-0.2, -0.15) is 10.2 Å². The second-order valence-corrected chi connectivity index (χ2v) is 5.03. The van der Waals surface area contributed by atoms with Crippen LogP contribution in [-0.4, -0.2) is 11.0 Å². The van der Waals surface area contributed by atoms with Gasteiger partial charge in [-0.3, -0.25) is 0 Å². The van der Waals surface area contributed by atoms with E-state index in [1.165, 1.54) is 0 Å². The van der Waals surface area contributed by atoms with Gasteiger partial charge in [-0.05, 0) is 33.1 Å². The number of alkyl halides is 1. The maximum atomic E-state index is 5.85. The van der Waals surface area contributed by atoms with Crippen molar-refractivity contribution in [3.8, 4) is 0 Å². The van der Waals surface area contributed by atoms with Crippen molar-refractivity contribution in [2.45, 2.75) is 52.1 Å². The number of halogens is 1. The molecule has 0 bridgehead atoms. The number of hydrogen-bond acceptors (Lipinski definition) is 2. The number of rotatable bonds is 4. The van der Waals surface area contributed by atoms with Crippen molar-refractivity contribution in [1.82, 2.24) is 0 Å². The van der Waals surface area contributed by atoms with Crippen LogP contribution < -0.4 is 0 Å². The van der Waals surface area contributed by atoms with E-state index in [1.807, 2.05) is 13.8 Å². The quantitative estimate of drug-likeness (QED) is 0.366. The van der Waals surface area contributed by atoms with E-state index < -0.39 is 5.00 Å². The molecule has 0 radical (unpaired) electrons. The molecule has 72 valence electrons. The molecule has 0 aliphatic heterocycles. The molecule has 0 N–H and O–H groups in total. The third-order valence-corrected chi connectivity index (χ3v) is 1.38. The standard InChI is InChI=1S/C9H19ClN2/c1-7(2)6-8(3)11-12-9(4,5)10/h7-8H,6H2,1-5H3. The van der Waals surface area contributed by atoms with Crippen LogP contribution in [0.1, 0.15) is 41.0 Å². The van der Waals surface area contributed by atoms with Crippen molar-refractivity contribution in [3.63, 3.8) is 0 Å². The van der Waals surface area contributed by atoms with Crippen LogP contribution in [-0.2, 0) is 0 Å². The fourth-order valence-electron chi connectivity index (χ4n) is 0.965. The van der Waals surface area contributed by atoms with Gasteiger partial charge in [0.25, 0.3) is 0 Å². The van der Waals surface area contributed by atoms with Gasteiger partial charge >= 0.3 is 0 Å². The summed E-state index contributed by atoms with van der Waals surface area (Å²) in [5, 5.41) is 8.13. The molecule has 12 heavy (non-hydrogen) atoms. The minimum Gasteiger partial charge on any atom is -0.189 e. The largest absolute Gasteiger partial charge is 0.189 e. The minimum atomic E-state index is -0.550. The highest BCUT2D eigenvalue weighted by Gasteiger charge is 2.11. The maximum absolute atomic E-state index is 5.85. The molecule has 2 nitrogen and oxygen atoms in total. The van der Waals surface area contributed by atoms with Crippen molar-refractivity contribution >= 4 is 11.6 Å². The van der Waals surface area contributed by atoms with Crippen molar-refractivity contribution in [2.24, 2.45) is 16.1 Å². The second-order valence-electron chi connectivity index (χ2n) is 4.10. The van der Waals surface area contributed by atoms with Crippen molar-refractivity contribution in [1.29, 1.82) is 0 Å². The van der Waals surface area contributed by atoms with E-state index in [1.54, 1.807) is 0 Å². The van der Waals surface area contributed by atoms with Gasteiger partial charge in [0.15, 0.2) is 0 Å². The van der Waals surface area contributed by atoms with E-state index >= 15 is 0 Å². The van der Waals surface area contributed by atoms with E-state index in [4.69, 9.17) is 11.6 Å². The normalized spacial score (nSPS) is 15.9. The van der Waals surface area contributed by atoms with Gasteiger partial charge in [-0.15, -0.1) is 0 Å². The van der Waals surface area contributed by atoms with Crippen LogP contribution in [0.4, 0.5) is 0 Å². The summed E-state index contributed by atoms with van der Waals surface area (Å²) >= 11 is 5.85. The fourth-order valence-corrected chi connectivity index (χ4v) is 1.01. The first-order valence-electron chi connectivity index (χ1n) is 4.42. The lowest BCUT2D eigenvalue weighted by Crippen LogP contribution is -2.07. The number of nitrogens with zero attached hydrogens (tertiary/aromatic N) is 2. The number of azo groups is 1. The zero-order chi connectivity index (χ0) is 9.78. The predicted molar refractivity (Wildman–Crippen MR) is 53.7 cm³/mol. The Bertz CT molecular complexity index is 147. The maximum Gasteiger partial charge on any atom is 0.149 e. The lowest BCUT2D eigenvalue weighted by molar-refractivity contribution is 0.492. The molecular weight excluding hydrogens is 172 g/mol. The molecule has 1 unspecified atom stereocenters. The Morgan fingerprint density at radius 2 is 1.75 bits per heavy atom. The molecule has 0 saturated heterocycles. The smallest absolute Gasteiger partial charge is 0.149 e. The van der Waals surface area contributed by atoms with Gasteiger partial charge in [0, 0.05) is 0 Å². The van der Waals surface area contributed by atoms with Crippen LogP contribution in [0.2, 0.25) is 0 Å². The zero-order valence-electron chi connectivity index (χ0n) is 8.63. The molecule has 0 aromatic carbocycles. The highest BCUT2D eigenvalue weighted by Crippen LogP contribution is 2.16. The SMILES string of the molecule is CC(C)CC(C)N=NC(C)(C)Cl. The molecule has 0 saturated carbocycles. The average Bonchev–Trinajstić information content (AvgIpc) is 1.80. The highest BCUT2D eigenvalue weighted by molar-refractivity contribution is 6.23. The second kappa shape index (κ2) is 4.80. The third kappa shape index (κ3) is 7.99. The zero-order valence-corrected chi connectivity index (χ0v) is 9.39. The van der Waals surface area contributed by atoms with Gasteiger partial charge in [-0.25, -0.2) is 0 Å². The van der Waals surface area contributed by atoms with Crippen LogP contribution in [0.5, 0.6) is 0 Å². The summed E-state index contributed by atoms with van der Waals surface area (Å²) < 4.78 is 0. The summed E-state index contributed by atoms with van der Waals surface area (Å²) in [6, 6.07) is 0.281. The first-order chi connectivity index (χ1) is 5.31. The molecule has 1 atom stereocenters. The Hall–Kier alpha value is -0.110. The molecular formula is C9H19ClN2. The summed E-state index contributed by atoms with van der Waals surface area (Å²) in [5.74, 6) is 0.664. The molecule has 0 spiro atoms. The Kier molecular flexibility index (Phi) is 4.76. The summed E-state index contributed by atoms with van der Waals surface area (Å²) in [7, 11) is 0. The van der Waals surface area contributed by atoms with Crippen molar-refractivity contribution in [3.05, 3.63) is 0 Å². The Morgan fingerprint density at radius 3 is 2.08 bits per heavy atom. The van der Waals surface area contributed by atoms with Gasteiger partial charge in [0.1, 0.15) is 5.00 Å². The molecule has 0 heterocycles. The van der Waals surface area contributed by atoms with Gasteiger partial charge in [-0.1, -0.05) is 25.4 Å². The summed E-state index contributed by atoms with van der Waals surface area (Å²) in [5.41, 5.74) is 0. The molecule has 0 aliphatic rings. The predicted octanol–water partition coefficient (Wildman–Crippen LogP) is 3.85. The first kappa shape index (κ1) is 11.9. The molecule has 3 heteroatoms. The highest BCUT2D eigenvalue weighted by atomic mass is 35.5. The van der Waals surface area contributed by atoms with Crippen molar-refractivity contribution in [2.75, 3.05) is 0 Å². The van der Waals surface area contributed by atoms with Crippen LogP contribution >= 0.6 is 11.6 Å². The molecule has 0 amide bonds. The molecule has 0 aliphatic carbocycles. The summed E-state index contributed by atoms with van der Waals surface area (Å²) in [4.78, 5) is -0.550. The average molecular weight is 191 g/mol. The monoisotopic (exact) mass is 190 g/mol. The van der Waals surface area contributed by atoms with E-state index in [0.29, 0.717) is 5.92 Å². The Morgan fingerprint density at radius 1 is 1.25 bits per heavy atom. The first-order valence-corrected chi connectivity index (χ1v) is 4.80. The van der Waals surface area contributed by atoms with E-state index in [2.05, 4.69) is 31.0 Å². The molecule has 0 aromatic rings. The van der Waals surface area contributed by atoms with Crippen LogP contribution in [0.15, 0.2) is 10.2 Å². The molecule has 0 rings (SSSR count). The van der Waals surface area contributed by atoms with Gasteiger partial charge in [0.2, 0.25) is 0 Å². The lowest BCUT2D eigenvalue weighted by atomic mass is 10.1.